The van der Waals surface area contributed by atoms with E-state index >= 15 is 0 Å². The monoisotopic (exact) mass is 490 g/mol. The normalized spacial score (nSPS) is 11.9. The van der Waals surface area contributed by atoms with Crippen LogP contribution in [0.4, 0.5) is 0 Å². The SMILES string of the molecule is C(=Cc1ccccc1)c1ccccc1.C1=Cc2cc3ccc(cc4ccc(cc5nc(cc1n2)C=C5)[nH]4)[nH]3. The minimum absolute atomic E-state index is 0.915. The minimum atomic E-state index is 0.915. The summed E-state index contributed by atoms with van der Waals surface area (Å²) >= 11 is 0. The molecule has 0 spiro atoms. The third kappa shape index (κ3) is 5.94. The van der Waals surface area contributed by atoms with E-state index in [-0.39, 0.29) is 0 Å². The Kier molecular flexibility index (Phi) is 6.60. The number of benzene rings is 2. The molecule has 4 heteroatoms. The molecule has 0 amide bonds. The lowest BCUT2D eigenvalue weighted by atomic mass is 10.1. The van der Waals surface area contributed by atoms with Gasteiger partial charge in [-0.15, -0.1) is 0 Å². The van der Waals surface area contributed by atoms with Gasteiger partial charge in [-0.3, -0.25) is 0 Å². The van der Waals surface area contributed by atoms with E-state index < -0.39 is 0 Å². The summed E-state index contributed by atoms with van der Waals surface area (Å²) in [7, 11) is 0. The predicted molar refractivity (Wildman–Crippen MR) is 161 cm³/mol. The van der Waals surface area contributed by atoms with Gasteiger partial charge in [0.15, 0.2) is 0 Å². The van der Waals surface area contributed by atoms with Crippen molar-refractivity contribution in [3.05, 3.63) is 143 Å². The minimum Gasteiger partial charge on any atom is -0.355 e. The molecule has 2 aliphatic heterocycles. The molecule has 0 saturated carbocycles. The average Bonchev–Trinajstić information content (AvgIpc) is 3.76. The summed E-state index contributed by atoms with van der Waals surface area (Å²) in [4.78, 5) is 16.0. The smallest absolute Gasteiger partial charge is 0.0659 e. The number of nitrogens with zero attached hydrogens (tertiary/aromatic N) is 2. The van der Waals surface area contributed by atoms with Crippen LogP contribution in [-0.2, 0) is 0 Å². The molecule has 3 aromatic heterocycles. The maximum absolute atomic E-state index is 4.62. The molecule has 8 bridgehead atoms. The zero-order valence-electron chi connectivity index (χ0n) is 20.8. The standard InChI is InChI=1S/C20H14N4.C14H12/c1-2-14-10-16-5-6-18(23-16)12-20-8-7-19(24-20)11-17-4-3-15(22-17)9-13(1)21-14;1-3-7-13(8-4-1)11-12-14-9-5-2-6-10-14/h1-12,21-22H;1-12H. The fourth-order valence-corrected chi connectivity index (χ4v) is 4.26. The largest absolute Gasteiger partial charge is 0.355 e. The molecule has 0 atom stereocenters. The van der Waals surface area contributed by atoms with Gasteiger partial charge in [-0.05, 0) is 84.0 Å². The fourth-order valence-electron chi connectivity index (χ4n) is 4.26. The van der Waals surface area contributed by atoms with Gasteiger partial charge < -0.3 is 9.97 Å². The van der Waals surface area contributed by atoms with Crippen molar-refractivity contribution in [1.29, 1.82) is 0 Å². The first-order valence-electron chi connectivity index (χ1n) is 12.6. The molecule has 0 radical (unpaired) electrons. The van der Waals surface area contributed by atoms with Gasteiger partial charge in [0.05, 0.1) is 22.8 Å². The Morgan fingerprint density at radius 3 is 1.18 bits per heavy atom. The molecule has 0 aliphatic carbocycles. The van der Waals surface area contributed by atoms with Gasteiger partial charge in [-0.2, -0.15) is 0 Å². The van der Waals surface area contributed by atoms with E-state index in [1.807, 2.05) is 78.9 Å². The van der Waals surface area contributed by atoms with E-state index in [2.05, 4.69) is 86.7 Å². The number of rotatable bonds is 2. The Morgan fingerprint density at radius 1 is 0.395 bits per heavy atom. The van der Waals surface area contributed by atoms with Gasteiger partial charge in [0.2, 0.25) is 0 Å². The van der Waals surface area contributed by atoms with E-state index in [0.29, 0.717) is 0 Å². The molecular weight excluding hydrogens is 464 g/mol. The maximum atomic E-state index is 4.62. The molecular formula is C34H26N4. The molecule has 7 rings (SSSR count). The van der Waals surface area contributed by atoms with Crippen LogP contribution in [0.2, 0.25) is 0 Å². The number of hydrogen-bond donors (Lipinski definition) is 2. The van der Waals surface area contributed by atoms with Crippen molar-refractivity contribution in [2.45, 2.75) is 0 Å². The summed E-state index contributed by atoms with van der Waals surface area (Å²) in [6.07, 6.45) is 12.3. The lowest BCUT2D eigenvalue weighted by Crippen LogP contribution is -1.77. The molecule has 0 fully saturated rings. The summed E-state index contributed by atoms with van der Waals surface area (Å²) in [6, 6.07) is 37.0. The molecule has 2 N–H and O–H groups in total. The van der Waals surface area contributed by atoms with Crippen LogP contribution in [0.5, 0.6) is 0 Å². The Hall–Kier alpha value is -5.22. The van der Waals surface area contributed by atoms with Crippen LogP contribution in [0.3, 0.4) is 0 Å². The highest BCUT2D eigenvalue weighted by Crippen LogP contribution is 2.17. The van der Waals surface area contributed by atoms with Gasteiger partial charge in [0.1, 0.15) is 0 Å². The fraction of sp³-hybridized carbons (Fsp3) is 0. The predicted octanol–water partition coefficient (Wildman–Crippen LogP) is 8.51. The second-order valence-corrected chi connectivity index (χ2v) is 9.06. The van der Waals surface area contributed by atoms with Crippen LogP contribution in [0.1, 0.15) is 33.9 Å². The highest BCUT2D eigenvalue weighted by atomic mass is 14.8. The number of hydrogen-bond acceptors (Lipinski definition) is 2. The zero-order valence-corrected chi connectivity index (χ0v) is 20.8. The first-order chi connectivity index (χ1) is 18.7. The van der Waals surface area contributed by atoms with Crippen molar-refractivity contribution in [1.82, 2.24) is 19.9 Å². The van der Waals surface area contributed by atoms with Crippen LogP contribution < -0.4 is 0 Å². The lowest BCUT2D eigenvalue weighted by Gasteiger charge is -1.92. The molecule has 2 aromatic carbocycles. The Labute approximate surface area is 221 Å². The van der Waals surface area contributed by atoms with Gasteiger partial charge in [-0.1, -0.05) is 72.8 Å². The van der Waals surface area contributed by atoms with Crippen LogP contribution >= 0.6 is 0 Å². The molecule has 2 aliphatic rings. The summed E-state index contributed by atoms with van der Waals surface area (Å²) in [5.41, 5.74) is 10.3. The summed E-state index contributed by atoms with van der Waals surface area (Å²) < 4.78 is 0. The highest BCUT2D eigenvalue weighted by Gasteiger charge is 2.02. The Morgan fingerprint density at radius 2 is 0.763 bits per heavy atom. The molecule has 5 aromatic rings. The van der Waals surface area contributed by atoms with Crippen LogP contribution in [0.15, 0.2) is 109 Å². The number of H-pyrrole nitrogens is 2. The first kappa shape index (κ1) is 23.2. The van der Waals surface area contributed by atoms with Gasteiger partial charge >= 0.3 is 0 Å². The lowest BCUT2D eigenvalue weighted by molar-refractivity contribution is 1.28. The van der Waals surface area contributed by atoms with Crippen LogP contribution in [0.25, 0.3) is 58.5 Å². The van der Waals surface area contributed by atoms with E-state index in [4.69, 9.17) is 0 Å². The van der Waals surface area contributed by atoms with E-state index in [0.717, 1.165) is 44.8 Å². The molecule has 5 heterocycles. The second kappa shape index (κ2) is 10.8. The highest BCUT2D eigenvalue weighted by molar-refractivity contribution is 5.77. The van der Waals surface area contributed by atoms with Crippen molar-refractivity contribution in [3.8, 4) is 0 Å². The van der Waals surface area contributed by atoms with Gasteiger partial charge in [0.25, 0.3) is 0 Å². The second-order valence-electron chi connectivity index (χ2n) is 9.06. The molecule has 0 saturated heterocycles. The average molecular weight is 491 g/mol. The van der Waals surface area contributed by atoms with Crippen LogP contribution in [0, 0.1) is 0 Å². The van der Waals surface area contributed by atoms with E-state index in [1.54, 1.807) is 0 Å². The quantitative estimate of drug-likeness (QED) is 0.239. The first-order valence-corrected chi connectivity index (χ1v) is 12.6. The van der Waals surface area contributed by atoms with E-state index in [9.17, 15) is 0 Å². The van der Waals surface area contributed by atoms with Gasteiger partial charge in [0, 0.05) is 22.1 Å². The third-order valence-corrected chi connectivity index (χ3v) is 6.11. The van der Waals surface area contributed by atoms with Crippen LogP contribution in [-0.4, -0.2) is 19.9 Å². The van der Waals surface area contributed by atoms with Crippen molar-refractivity contribution in [2.24, 2.45) is 0 Å². The molecule has 4 nitrogen and oxygen atoms in total. The van der Waals surface area contributed by atoms with Crippen molar-refractivity contribution in [2.75, 3.05) is 0 Å². The summed E-state index contributed by atoms with van der Waals surface area (Å²) in [5, 5.41) is 0. The Bertz CT molecular complexity index is 1670. The number of aromatic nitrogens is 4. The molecule has 38 heavy (non-hydrogen) atoms. The third-order valence-electron chi connectivity index (χ3n) is 6.11. The van der Waals surface area contributed by atoms with E-state index in [1.165, 1.54) is 11.1 Å². The number of fused-ring (bicyclic) bond motifs is 8. The van der Waals surface area contributed by atoms with Crippen molar-refractivity contribution >= 4 is 58.5 Å². The topological polar surface area (TPSA) is 57.4 Å². The number of nitrogens with one attached hydrogen (secondary N) is 2. The summed E-state index contributed by atoms with van der Waals surface area (Å²) in [6.45, 7) is 0. The Balaban J connectivity index is 0.000000161. The maximum Gasteiger partial charge on any atom is 0.0659 e. The van der Waals surface area contributed by atoms with Crippen molar-refractivity contribution < 1.29 is 0 Å². The number of aromatic amines is 2. The van der Waals surface area contributed by atoms with Gasteiger partial charge in [-0.25, -0.2) is 9.97 Å². The zero-order chi connectivity index (χ0) is 25.6. The summed E-state index contributed by atoms with van der Waals surface area (Å²) in [5.74, 6) is 0. The molecule has 182 valence electrons. The molecule has 0 unspecified atom stereocenters. The van der Waals surface area contributed by atoms with Crippen molar-refractivity contribution in [3.63, 3.8) is 0 Å².